The first-order chi connectivity index (χ1) is 7.35. The van der Waals surface area contributed by atoms with Crippen molar-refractivity contribution in [2.24, 2.45) is 0 Å². The van der Waals surface area contributed by atoms with Gasteiger partial charge in [0.05, 0.1) is 0 Å². The van der Waals surface area contributed by atoms with Crippen LogP contribution in [0.15, 0.2) is 18.2 Å². The minimum Gasteiger partial charge on any atom is -0.478 e. The van der Waals surface area contributed by atoms with Crippen LogP contribution in [0, 0.1) is 0 Å². The number of hydrogen-bond donors (Lipinski definition) is 1. The topological polar surface area (TPSA) is 46.5 Å². The molecule has 0 aliphatic rings. The molecule has 6 heteroatoms. The molecule has 0 bridgehead atoms. The second kappa shape index (κ2) is 4.42. The number of benzene rings is 1. The second-order valence-electron chi connectivity index (χ2n) is 3.00. The highest BCUT2D eigenvalue weighted by atomic mass is 19.4. The highest BCUT2D eigenvalue weighted by molar-refractivity contribution is 5.91. The van der Waals surface area contributed by atoms with Crippen molar-refractivity contribution in [3.05, 3.63) is 29.3 Å². The fraction of sp³-hybridized carbons (Fsp3) is 0.300. The first-order valence-electron chi connectivity index (χ1n) is 4.46. The van der Waals surface area contributed by atoms with E-state index in [1.807, 2.05) is 0 Å². The highest BCUT2D eigenvalue weighted by Crippen LogP contribution is 2.30. The SMILES string of the molecule is CCc1cccc(C(=O)O)c1OC(F)(F)F. The van der Waals surface area contributed by atoms with E-state index in [0.29, 0.717) is 0 Å². The Balaban J connectivity index is 3.25. The van der Waals surface area contributed by atoms with Crippen molar-refractivity contribution in [1.82, 2.24) is 0 Å². The summed E-state index contributed by atoms with van der Waals surface area (Å²) in [6, 6.07) is 3.85. The first-order valence-corrected chi connectivity index (χ1v) is 4.46. The summed E-state index contributed by atoms with van der Waals surface area (Å²) in [4.78, 5) is 10.7. The lowest BCUT2D eigenvalue weighted by Crippen LogP contribution is -2.20. The average molecular weight is 234 g/mol. The van der Waals surface area contributed by atoms with Gasteiger partial charge in [0.25, 0.3) is 0 Å². The van der Waals surface area contributed by atoms with Gasteiger partial charge in [-0.1, -0.05) is 19.1 Å². The van der Waals surface area contributed by atoms with Crippen molar-refractivity contribution in [3.8, 4) is 5.75 Å². The summed E-state index contributed by atoms with van der Waals surface area (Å²) in [7, 11) is 0. The van der Waals surface area contributed by atoms with E-state index in [9.17, 15) is 18.0 Å². The number of halogens is 3. The van der Waals surface area contributed by atoms with Crippen LogP contribution >= 0.6 is 0 Å². The third kappa shape index (κ3) is 2.88. The molecule has 0 amide bonds. The van der Waals surface area contributed by atoms with Crippen LogP contribution in [0.4, 0.5) is 13.2 Å². The van der Waals surface area contributed by atoms with E-state index in [2.05, 4.69) is 4.74 Å². The molecule has 0 saturated heterocycles. The molecule has 1 N–H and O–H groups in total. The molecule has 0 unspecified atom stereocenters. The molecule has 0 spiro atoms. The molecule has 3 nitrogen and oxygen atoms in total. The number of hydrogen-bond acceptors (Lipinski definition) is 2. The fourth-order valence-electron chi connectivity index (χ4n) is 1.27. The lowest BCUT2D eigenvalue weighted by Gasteiger charge is -2.14. The Labute approximate surface area is 89.5 Å². The normalized spacial score (nSPS) is 11.2. The molecule has 1 aromatic rings. The maximum atomic E-state index is 12.1. The Morgan fingerprint density at radius 3 is 2.50 bits per heavy atom. The van der Waals surface area contributed by atoms with Crippen LogP contribution in [-0.4, -0.2) is 17.4 Å². The molecule has 0 fully saturated rings. The van der Waals surface area contributed by atoms with E-state index in [0.717, 1.165) is 6.07 Å². The molecule has 1 rings (SSSR count). The summed E-state index contributed by atoms with van der Waals surface area (Å²) in [5.41, 5.74) is -0.283. The maximum Gasteiger partial charge on any atom is 0.573 e. The van der Waals surface area contributed by atoms with E-state index in [4.69, 9.17) is 5.11 Å². The van der Waals surface area contributed by atoms with Gasteiger partial charge >= 0.3 is 12.3 Å². The molecule has 0 aliphatic heterocycles. The van der Waals surface area contributed by atoms with Crippen LogP contribution in [0.1, 0.15) is 22.8 Å². The van der Waals surface area contributed by atoms with Crippen LogP contribution in [0.2, 0.25) is 0 Å². The Bertz CT molecular complexity index is 399. The fourth-order valence-corrected chi connectivity index (χ4v) is 1.27. The van der Waals surface area contributed by atoms with Gasteiger partial charge < -0.3 is 9.84 Å². The largest absolute Gasteiger partial charge is 0.573 e. The van der Waals surface area contributed by atoms with Gasteiger partial charge in [-0.25, -0.2) is 4.79 Å². The maximum absolute atomic E-state index is 12.1. The van der Waals surface area contributed by atoms with Crippen LogP contribution in [0.5, 0.6) is 5.75 Å². The van der Waals surface area contributed by atoms with E-state index >= 15 is 0 Å². The van der Waals surface area contributed by atoms with Crippen LogP contribution in [0.3, 0.4) is 0 Å². The summed E-state index contributed by atoms with van der Waals surface area (Å²) in [5, 5.41) is 8.74. The Hall–Kier alpha value is -1.72. The van der Waals surface area contributed by atoms with Gasteiger partial charge in [0.15, 0.2) is 0 Å². The number of ether oxygens (including phenoxy) is 1. The molecular weight excluding hydrogens is 225 g/mol. The molecule has 0 radical (unpaired) electrons. The lowest BCUT2D eigenvalue weighted by atomic mass is 10.1. The minimum atomic E-state index is -4.89. The van der Waals surface area contributed by atoms with Gasteiger partial charge in [-0.15, -0.1) is 13.2 Å². The number of carbonyl (C=O) groups is 1. The van der Waals surface area contributed by atoms with Crippen molar-refractivity contribution in [2.45, 2.75) is 19.7 Å². The van der Waals surface area contributed by atoms with Gasteiger partial charge in [-0.3, -0.25) is 0 Å². The monoisotopic (exact) mass is 234 g/mol. The number of para-hydroxylation sites is 1. The summed E-state index contributed by atoms with van der Waals surface area (Å²) in [6.45, 7) is 1.62. The summed E-state index contributed by atoms with van der Waals surface area (Å²) < 4.78 is 40.0. The summed E-state index contributed by atoms with van der Waals surface area (Å²) in [6.07, 6.45) is -4.64. The molecule has 1 aromatic carbocycles. The van der Waals surface area contributed by atoms with Crippen molar-refractivity contribution < 1.29 is 27.8 Å². The van der Waals surface area contributed by atoms with Crippen molar-refractivity contribution in [3.63, 3.8) is 0 Å². The minimum absolute atomic E-state index is 0.206. The quantitative estimate of drug-likeness (QED) is 0.874. The first kappa shape index (κ1) is 12.4. The van der Waals surface area contributed by atoms with Crippen molar-refractivity contribution in [1.29, 1.82) is 0 Å². The second-order valence-corrected chi connectivity index (χ2v) is 3.00. The third-order valence-corrected chi connectivity index (χ3v) is 1.93. The van der Waals surface area contributed by atoms with Gasteiger partial charge in [0, 0.05) is 0 Å². The van der Waals surface area contributed by atoms with E-state index < -0.39 is 23.6 Å². The van der Waals surface area contributed by atoms with Crippen LogP contribution in [0.25, 0.3) is 0 Å². The predicted octanol–water partition coefficient (Wildman–Crippen LogP) is 2.85. The summed E-state index contributed by atoms with van der Waals surface area (Å²) >= 11 is 0. The van der Waals surface area contributed by atoms with Gasteiger partial charge in [-0.05, 0) is 18.1 Å². The zero-order chi connectivity index (χ0) is 12.3. The Morgan fingerprint density at radius 1 is 1.44 bits per heavy atom. The number of carboxylic acids is 1. The molecular formula is C10H9F3O3. The third-order valence-electron chi connectivity index (χ3n) is 1.93. The highest BCUT2D eigenvalue weighted by Gasteiger charge is 2.33. The number of rotatable bonds is 3. The van der Waals surface area contributed by atoms with Gasteiger partial charge in [0.1, 0.15) is 11.3 Å². The molecule has 0 heterocycles. The van der Waals surface area contributed by atoms with Gasteiger partial charge in [-0.2, -0.15) is 0 Å². The smallest absolute Gasteiger partial charge is 0.478 e. The number of aryl methyl sites for hydroxylation is 1. The van der Waals surface area contributed by atoms with Crippen molar-refractivity contribution in [2.75, 3.05) is 0 Å². The van der Waals surface area contributed by atoms with Gasteiger partial charge in [0.2, 0.25) is 0 Å². The standard InChI is InChI=1S/C10H9F3O3/c1-2-6-4-3-5-7(9(14)15)8(6)16-10(11,12)13/h3-5H,2H2,1H3,(H,14,15). The lowest BCUT2D eigenvalue weighted by molar-refractivity contribution is -0.275. The molecule has 88 valence electrons. The molecule has 0 saturated carbocycles. The zero-order valence-electron chi connectivity index (χ0n) is 8.34. The number of alkyl halides is 3. The molecule has 16 heavy (non-hydrogen) atoms. The van der Waals surface area contributed by atoms with Crippen LogP contribution < -0.4 is 4.74 Å². The predicted molar refractivity (Wildman–Crippen MR) is 49.5 cm³/mol. The van der Waals surface area contributed by atoms with E-state index in [-0.39, 0.29) is 12.0 Å². The van der Waals surface area contributed by atoms with E-state index in [1.165, 1.54) is 12.1 Å². The summed E-state index contributed by atoms with van der Waals surface area (Å²) in [5.74, 6) is -2.08. The molecule has 0 atom stereocenters. The van der Waals surface area contributed by atoms with E-state index in [1.54, 1.807) is 6.92 Å². The Kier molecular flexibility index (Phi) is 3.41. The molecule has 0 aliphatic carbocycles. The Morgan fingerprint density at radius 2 is 2.06 bits per heavy atom. The average Bonchev–Trinajstić information content (AvgIpc) is 2.15. The zero-order valence-corrected chi connectivity index (χ0v) is 8.34. The van der Waals surface area contributed by atoms with Crippen LogP contribution in [-0.2, 0) is 6.42 Å². The number of carboxylic acid groups (broad SMARTS) is 1. The number of aromatic carboxylic acids is 1. The molecule has 0 aromatic heterocycles. The van der Waals surface area contributed by atoms with Crippen molar-refractivity contribution >= 4 is 5.97 Å².